The lowest BCUT2D eigenvalue weighted by Gasteiger charge is -2.51. The van der Waals surface area contributed by atoms with Crippen molar-refractivity contribution >= 4 is 11.8 Å². The minimum atomic E-state index is -0.245. The first-order valence-corrected chi connectivity index (χ1v) is 6.42. The summed E-state index contributed by atoms with van der Waals surface area (Å²) in [7, 11) is 0. The average molecular weight is 232 g/mol. The third-order valence-corrected chi connectivity index (χ3v) is 5.78. The Balaban J connectivity index is 1.66. The van der Waals surface area contributed by atoms with Crippen molar-refractivity contribution in [3.63, 3.8) is 0 Å². The fourth-order valence-electron chi connectivity index (χ4n) is 5.13. The number of esters is 1. The summed E-state index contributed by atoms with van der Waals surface area (Å²) in [5, 5.41) is 0. The lowest BCUT2D eigenvalue weighted by Crippen LogP contribution is -2.58. The van der Waals surface area contributed by atoms with Gasteiger partial charge in [0.25, 0.3) is 0 Å². The summed E-state index contributed by atoms with van der Waals surface area (Å²) in [5.74, 6) is 1.39. The number of ether oxygens (including phenoxy) is 1. The number of allylic oxidation sites excluding steroid dienone is 1. The lowest BCUT2D eigenvalue weighted by atomic mass is 9.49. The standard InChI is InChI=1S/C14H16O3/c1-7(2)10(15)4-9-8-3-11-13(5-8)6-14(9,11)17-12(13)16/h8-9,11H,1,3-6H2,2H3. The Labute approximate surface area is 100 Å². The number of ketones is 1. The number of carbonyl (C=O) groups is 2. The van der Waals surface area contributed by atoms with E-state index in [1.54, 1.807) is 6.92 Å². The fourth-order valence-corrected chi connectivity index (χ4v) is 5.13. The molecular formula is C14H16O3. The maximum absolute atomic E-state index is 11.9. The van der Waals surface area contributed by atoms with Crippen LogP contribution in [-0.4, -0.2) is 17.4 Å². The van der Waals surface area contributed by atoms with Gasteiger partial charge in [-0.2, -0.15) is 0 Å². The Bertz CT molecular complexity index is 476. The van der Waals surface area contributed by atoms with Crippen molar-refractivity contribution in [3.05, 3.63) is 12.2 Å². The van der Waals surface area contributed by atoms with Crippen molar-refractivity contribution in [2.75, 3.05) is 0 Å². The largest absolute Gasteiger partial charge is 0.458 e. The molecule has 0 radical (unpaired) electrons. The van der Waals surface area contributed by atoms with Crippen LogP contribution in [-0.2, 0) is 14.3 Å². The molecule has 0 amide bonds. The zero-order valence-corrected chi connectivity index (χ0v) is 9.99. The third kappa shape index (κ3) is 0.820. The minimum Gasteiger partial charge on any atom is -0.458 e. The van der Waals surface area contributed by atoms with Gasteiger partial charge in [-0.05, 0) is 31.3 Å². The zero-order chi connectivity index (χ0) is 12.0. The Morgan fingerprint density at radius 1 is 1.59 bits per heavy atom. The van der Waals surface area contributed by atoms with Crippen LogP contribution in [0.1, 0.15) is 32.6 Å². The molecule has 0 aromatic rings. The smallest absolute Gasteiger partial charge is 0.313 e. The van der Waals surface area contributed by atoms with Crippen LogP contribution in [0, 0.1) is 23.2 Å². The van der Waals surface area contributed by atoms with Crippen molar-refractivity contribution in [1.82, 2.24) is 0 Å². The van der Waals surface area contributed by atoms with E-state index in [9.17, 15) is 9.59 Å². The second kappa shape index (κ2) is 2.50. The van der Waals surface area contributed by atoms with Crippen LogP contribution in [0.15, 0.2) is 12.2 Å². The first-order chi connectivity index (χ1) is 7.99. The summed E-state index contributed by atoms with van der Waals surface area (Å²) in [6, 6.07) is 0. The normalized spacial score (nSPS) is 52.3. The highest BCUT2D eigenvalue weighted by Crippen LogP contribution is 2.81. The highest BCUT2D eigenvalue weighted by molar-refractivity contribution is 5.95. The predicted octanol–water partition coefficient (Wildman–Crippen LogP) is 1.86. The van der Waals surface area contributed by atoms with Gasteiger partial charge in [-0.3, -0.25) is 9.59 Å². The highest BCUT2D eigenvalue weighted by atomic mass is 16.6. The fraction of sp³-hybridized carbons (Fsp3) is 0.714. The maximum atomic E-state index is 11.9. The molecule has 3 heteroatoms. The number of hydrogen-bond acceptors (Lipinski definition) is 3. The second-order valence-corrected chi connectivity index (χ2v) is 6.44. The molecule has 5 atom stereocenters. The topological polar surface area (TPSA) is 43.4 Å². The Morgan fingerprint density at radius 3 is 3.06 bits per heavy atom. The van der Waals surface area contributed by atoms with Gasteiger partial charge in [0.1, 0.15) is 5.60 Å². The SMILES string of the molecule is C=C(C)C(=O)CC1C2CC3C4(C2)CC13OC4=O. The van der Waals surface area contributed by atoms with Gasteiger partial charge in [0.2, 0.25) is 0 Å². The summed E-state index contributed by atoms with van der Waals surface area (Å²) in [6.07, 6.45) is 3.47. The molecule has 0 aromatic heterocycles. The van der Waals surface area contributed by atoms with E-state index in [-0.39, 0.29) is 28.7 Å². The van der Waals surface area contributed by atoms with Gasteiger partial charge in [-0.1, -0.05) is 6.58 Å². The molecule has 3 nitrogen and oxygen atoms in total. The monoisotopic (exact) mass is 232 g/mol. The molecule has 2 heterocycles. The van der Waals surface area contributed by atoms with Crippen LogP contribution in [0.2, 0.25) is 0 Å². The van der Waals surface area contributed by atoms with E-state index in [1.807, 2.05) is 0 Å². The van der Waals surface area contributed by atoms with E-state index in [4.69, 9.17) is 4.74 Å². The van der Waals surface area contributed by atoms with Gasteiger partial charge in [-0.15, -0.1) is 0 Å². The van der Waals surface area contributed by atoms with E-state index < -0.39 is 0 Å². The molecule has 2 saturated heterocycles. The lowest BCUT2D eigenvalue weighted by molar-refractivity contribution is -0.148. The molecule has 4 bridgehead atoms. The molecular weight excluding hydrogens is 216 g/mol. The number of hydrogen-bond donors (Lipinski definition) is 0. The van der Waals surface area contributed by atoms with E-state index in [0.29, 0.717) is 23.8 Å². The van der Waals surface area contributed by atoms with Gasteiger partial charge in [-0.25, -0.2) is 0 Å². The van der Waals surface area contributed by atoms with E-state index in [1.165, 1.54) is 0 Å². The van der Waals surface area contributed by atoms with Gasteiger partial charge in [0.05, 0.1) is 5.41 Å². The summed E-state index contributed by atoms with van der Waals surface area (Å²) >= 11 is 0. The first-order valence-electron chi connectivity index (χ1n) is 6.42. The predicted molar refractivity (Wildman–Crippen MR) is 60.0 cm³/mol. The van der Waals surface area contributed by atoms with Gasteiger partial charge >= 0.3 is 5.97 Å². The summed E-state index contributed by atoms with van der Waals surface area (Å²) in [4.78, 5) is 23.7. The van der Waals surface area contributed by atoms with E-state index in [2.05, 4.69) is 6.58 Å². The molecule has 2 aliphatic heterocycles. The van der Waals surface area contributed by atoms with Gasteiger partial charge in [0.15, 0.2) is 5.78 Å². The zero-order valence-electron chi connectivity index (χ0n) is 9.99. The molecule has 5 unspecified atom stereocenters. The van der Waals surface area contributed by atoms with E-state index >= 15 is 0 Å². The second-order valence-electron chi connectivity index (χ2n) is 6.44. The molecule has 3 aliphatic carbocycles. The summed E-state index contributed by atoms with van der Waals surface area (Å²) in [5.41, 5.74) is 0.262. The third-order valence-electron chi connectivity index (χ3n) is 5.78. The molecule has 5 aliphatic rings. The van der Waals surface area contributed by atoms with Gasteiger partial charge < -0.3 is 4.74 Å². The summed E-state index contributed by atoms with van der Waals surface area (Å²) in [6.45, 7) is 5.48. The Hall–Kier alpha value is -1.12. The molecule has 0 aromatic carbocycles. The molecule has 90 valence electrons. The molecule has 5 rings (SSSR count). The molecule has 5 fully saturated rings. The van der Waals surface area contributed by atoms with Crippen LogP contribution >= 0.6 is 0 Å². The van der Waals surface area contributed by atoms with Crippen LogP contribution in [0.3, 0.4) is 0 Å². The molecule has 2 spiro atoms. The molecule has 17 heavy (non-hydrogen) atoms. The van der Waals surface area contributed by atoms with Crippen molar-refractivity contribution in [1.29, 1.82) is 0 Å². The van der Waals surface area contributed by atoms with Crippen molar-refractivity contribution < 1.29 is 14.3 Å². The Kier molecular flexibility index (Phi) is 1.45. The van der Waals surface area contributed by atoms with Crippen molar-refractivity contribution in [2.24, 2.45) is 23.2 Å². The van der Waals surface area contributed by atoms with Crippen molar-refractivity contribution in [3.8, 4) is 0 Å². The quantitative estimate of drug-likeness (QED) is 0.551. The maximum Gasteiger partial charge on any atom is 0.313 e. The van der Waals surface area contributed by atoms with Crippen LogP contribution < -0.4 is 0 Å². The number of fused-ring (bicyclic) bond motifs is 2. The minimum absolute atomic E-state index is 0.0234. The number of rotatable bonds is 3. The first kappa shape index (κ1) is 9.86. The average Bonchev–Trinajstić information content (AvgIpc) is 2.83. The van der Waals surface area contributed by atoms with Crippen LogP contribution in [0.5, 0.6) is 0 Å². The van der Waals surface area contributed by atoms with Crippen molar-refractivity contribution in [2.45, 2.75) is 38.2 Å². The molecule has 3 saturated carbocycles. The van der Waals surface area contributed by atoms with Gasteiger partial charge in [0, 0.05) is 24.7 Å². The molecule has 0 N–H and O–H groups in total. The number of carbonyl (C=O) groups excluding carboxylic acids is 2. The Morgan fingerprint density at radius 2 is 2.35 bits per heavy atom. The number of Topliss-reactive ketones (excluding diaryl/α,β-unsaturated/α-hetero) is 1. The van der Waals surface area contributed by atoms with Crippen LogP contribution in [0.4, 0.5) is 0 Å². The highest BCUT2D eigenvalue weighted by Gasteiger charge is 2.86. The van der Waals surface area contributed by atoms with E-state index in [0.717, 1.165) is 19.3 Å². The van der Waals surface area contributed by atoms with Crippen LogP contribution in [0.25, 0.3) is 0 Å². The summed E-state index contributed by atoms with van der Waals surface area (Å²) < 4.78 is 5.66.